The average Bonchev–Trinajstić information content (AvgIpc) is 2.09. The molecule has 0 saturated carbocycles. The highest BCUT2D eigenvalue weighted by Gasteiger charge is 2.11. The number of rotatable bonds is 3. The van der Waals surface area contributed by atoms with E-state index in [1.54, 1.807) is 11.0 Å². The Hall–Kier alpha value is -0.840. The van der Waals surface area contributed by atoms with Crippen LogP contribution in [0, 0.1) is 6.92 Å². The molecule has 0 aliphatic rings. The molecule has 1 amide bonds. The number of carbonyl (C=O) groups is 1. The van der Waals surface area contributed by atoms with Gasteiger partial charge in [0.2, 0.25) is 5.91 Å². The number of aryl methyl sites for hydroxylation is 1. The number of hydrogen-bond acceptors (Lipinski definition) is 3. The smallest absolute Gasteiger partial charge is 0.238 e. The minimum absolute atomic E-state index is 0.140. The third kappa shape index (κ3) is 3.63. The first-order chi connectivity index (χ1) is 7.40. The Kier molecular flexibility index (Phi) is 4.53. The third-order valence-electron chi connectivity index (χ3n) is 1.87. The van der Waals surface area contributed by atoms with E-state index in [1.165, 1.54) is 0 Å². The summed E-state index contributed by atoms with van der Waals surface area (Å²) in [7, 11) is 3.63. The predicted molar refractivity (Wildman–Crippen MR) is 66.2 cm³/mol. The summed E-state index contributed by atoms with van der Waals surface area (Å²) in [4.78, 5) is 17.2. The lowest BCUT2D eigenvalue weighted by Gasteiger charge is -2.12. The highest BCUT2D eigenvalue weighted by atomic mass is 35.5. The van der Waals surface area contributed by atoms with Crippen molar-refractivity contribution in [2.75, 3.05) is 26.0 Å². The molecular weight excluding hydrogens is 249 g/mol. The highest BCUT2D eigenvalue weighted by Crippen LogP contribution is 2.26. The zero-order valence-corrected chi connectivity index (χ0v) is 10.9. The summed E-state index contributed by atoms with van der Waals surface area (Å²) in [6, 6.07) is 1.65. The van der Waals surface area contributed by atoms with Gasteiger partial charge in [-0.15, -0.1) is 0 Å². The highest BCUT2D eigenvalue weighted by molar-refractivity contribution is 6.34. The largest absolute Gasteiger partial charge is 0.322 e. The number of nitrogens with zero attached hydrogens (tertiary/aromatic N) is 2. The van der Waals surface area contributed by atoms with Gasteiger partial charge in [-0.05, 0) is 32.6 Å². The summed E-state index contributed by atoms with van der Waals surface area (Å²) in [5.74, 6) is -0.140. The van der Waals surface area contributed by atoms with Crippen LogP contribution < -0.4 is 5.32 Å². The van der Waals surface area contributed by atoms with Gasteiger partial charge < -0.3 is 10.2 Å². The number of pyridine rings is 1. The van der Waals surface area contributed by atoms with Crippen LogP contribution in [0.4, 0.5) is 5.69 Å². The van der Waals surface area contributed by atoms with Crippen LogP contribution in [0.5, 0.6) is 0 Å². The number of anilines is 1. The second-order valence-corrected chi connectivity index (χ2v) is 4.46. The number of aromatic nitrogens is 1. The first-order valence-electron chi connectivity index (χ1n) is 4.67. The van der Waals surface area contributed by atoms with Gasteiger partial charge in [0.25, 0.3) is 0 Å². The number of hydrogen-bond donors (Lipinski definition) is 1. The van der Waals surface area contributed by atoms with Crippen molar-refractivity contribution in [3.8, 4) is 0 Å². The van der Waals surface area contributed by atoms with E-state index in [9.17, 15) is 4.79 Å². The lowest BCUT2D eigenvalue weighted by molar-refractivity contribution is -0.116. The molecule has 0 aliphatic carbocycles. The van der Waals surface area contributed by atoms with Crippen molar-refractivity contribution in [2.24, 2.45) is 0 Å². The van der Waals surface area contributed by atoms with Crippen LogP contribution in [0.3, 0.4) is 0 Å². The minimum Gasteiger partial charge on any atom is -0.322 e. The molecule has 0 radical (unpaired) electrons. The van der Waals surface area contributed by atoms with E-state index in [2.05, 4.69) is 10.3 Å². The zero-order valence-electron chi connectivity index (χ0n) is 9.34. The SMILES string of the molecule is Cc1cc(Cl)nc(Cl)c1NC(=O)CN(C)C. The summed E-state index contributed by atoms with van der Waals surface area (Å²) in [6.45, 7) is 2.10. The lowest BCUT2D eigenvalue weighted by atomic mass is 10.2. The summed E-state index contributed by atoms with van der Waals surface area (Å²) in [6.07, 6.45) is 0. The topological polar surface area (TPSA) is 45.2 Å². The number of nitrogens with one attached hydrogen (secondary N) is 1. The molecule has 0 spiro atoms. The van der Waals surface area contributed by atoms with E-state index in [4.69, 9.17) is 23.2 Å². The van der Waals surface area contributed by atoms with Crippen LogP contribution in [0.2, 0.25) is 10.3 Å². The van der Waals surface area contributed by atoms with Crippen molar-refractivity contribution in [1.29, 1.82) is 0 Å². The number of amides is 1. The number of carbonyl (C=O) groups excluding carboxylic acids is 1. The zero-order chi connectivity index (χ0) is 12.3. The van der Waals surface area contributed by atoms with Crippen LogP contribution in [-0.2, 0) is 4.79 Å². The summed E-state index contributed by atoms with van der Waals surface area (Å²) >= 11 is 11.6. The third-order valence-corrected chi connectivity index (χ3v) is 2.33. The van der Waals surface area contributed by atoms with Crippen LogP contribution in [0.15, 0.2) is 6.07 Å². The Labute approximate surface area is 105 Å². The fourth-order valence-corrected chi connectivity index (χ4v) is 1.79. The molecule has 1 N–H and O–H groups in total. The van der Waals surface area contributed by atoms with Crippen LogP contribution in [0.25, 0.3) is 0 Å². The van der Waals surface area contributed by atoms with Crippen molar-refractivity contribution < 1.29 is 4.79 Å². The van der Waals surface area contributed by atoms with Gasteiger partial charge in [0.15, 0.2) is 5.15 Å². The van der Waals surface area contributed by atoms with Crippen LogP contribution in [0.1, 0.15) is 5.56 Å². The molecule has 0 bridgehead atoms. The van der Waals surface area contributed by atoms with E-state index in [0.717, 1.165) is 5.56 Å². The molecule has 1 aromatic heterocycles. The van der Waals surface area contributed by atoms with Crippen LogP contribution >= 0.6 is 23.2 Å². The maximum atomic E-state index is 11.5. The molecule has 88 valence electrons. The molecule has 1 rings (SSSR count). The Morgan fingerprint density at radius 3 is 2.62 bits per heavy atom. The Balaban J connectivity index is 2.85. The summed E-state index contributed by atoms with van der Waals surface area (Å²) in [5, 5.41) is 3.22. The molecule has 0 atom stereocenters. The second-order valence-electron chi connectivity index (χ2n) is 3.71. The van der Waals surface area contributed by atoms with E-state index in [-0.39, 0.29) is 11.1 Å². The molecule has 0 saturated heterocycles. The van der Waals surface area contributed by atoms with Gasteiger partial charge in [-0.2, -0.15) is 0 Å². The molecule has 6 heteroatoms. The first-order valence-corrected chi connectivity index (χ1v) is 5.43. The van der Waals surface area contributed by atoms with Crippen molar-refractivity contribution in [1.82, 2.24) is 9.88 Å². The standard InChI is InChI=1S/C10H13Cl2N3O/c1-6-4-7(11)13-10(12)9(6)14-8(16)5-15(2)3/h4H,5H2,1-3H3,(H,14,16). The monoisotopic (exact) mass is 261 g/mol. The average molecular weight is 262 g/mol. The van der Waals surface area contributed by atoms with E-state index >= 15 is 0 Å². The normalized spacial score (nSPS) is 10.6. The van der Waals surface area contributed by atoms with Crippen molar-refractivity contribution >= 4 is 34.8 Å². The summed E-state index contributed by atoms with van der Waals surface area (Å²) < 4.78 is 0. The van der Waals surface area contributed by atoms with Gasteiger partial charge in [-0.1, -0.05) is 23.2 Å². The molecule has 0 aliphatic heterocycles. The van der Waals surface area contributed by atoms with Gasteiger partial charge in [-0.3, -0.25) is 4.79 Å². The number of halogens is 2. The lowest BCUT2D eigenvalue weighted by Crippen LogP contribution is -2.27. The van der Waals surface area contributed by atoms with E-state index in [0.29, 0.717) is 17.4 Å². The van der Waals surface area contributed by atoms with Gasteiger partial charge in [0.05, 0.1) is 12.2 Å². The number of likely N-dealkylation sites (N-methyl/N-ethyl adjacent to an activating group) is 1. The van der Waals surface area contributed by atoms with Gasteiger partial charge in [0.1, 0.15) is 5.15 Å². The van der Waals surface area contributed by atoms with Crippen molar-refractivity contribution in [3.63, 3.8) is 0 Å². The van der Waals surface area contributed by atoms with Crippen LogP contribution in [-0.4, -0.2) is 36.4 Å². The molecule has 0 unspecified atom stereocenters. The quantitative estimate of drug-likeness (QED) is 0.849. The maximum absolute atomic E-state index is 11.5. The first kappa shape index (κ1) is 13.2. The van der Waals surface area contributed by atoms with Gasteiger partial charge in [-0.25, -0.2) is 4.98 Å². The molecule has 0 fully saturated rings. The molecule has 4 nitrogen and oxygen atoms in total. The van der Waals surface area contributed by atoms with Gasteiger partial charge in [0, 0.05) is 0 Å². The Morgan fingerprint density at radius 1 is 1.50 bits per heavy atom. The predicted octanol–water partition coefficient (Wildman–Crippen LogP) is 2.20. The molecular formula is C10H13Cl2N3O. The Bertz CT molecular complexity index is 384. The van der Waals surface area contributed by atoms with Gasteiger partial charge >= 0.3 is 0 Å². The van der Waals surface area contributed by atoms with Crippen molar-refractivity contribution in [3.05, 3.63) is 21.9 Å². The fourth-order valence-electron chi connectivity index (χ4n) is 1.21. The molecule has 1 heterocycles. The molecule has 16 heavy (non-hydrogen) atoms. The van der Waals surface area contributed by atoms with Crippen molar-refractivity contribution in [2.45, 2.75) is 6.92 Å². The second kappa shape index (κ2) is 5.48. The Morgan fingerprint density at radius 2 is 2.12 bits per heavy atom. The summed E-state index contributed by atoms with van der Waals surface area (Å²) in [5.41, 5.74) is 1.30. The minimum atomic E-state index is -0.140. The van der Waals surface area contributed by atoms with E-state index < -0.39 is 0 Å². The molecule has 0 aromatic carbocycles. The molecule has 1 aromatic rings. The van der Waals surface area contributed by atoms with E-state index in [1.807, 2.05) is 21.0 Å². The maximum Gasteiger partial charge on any atom is 0.238 e. The fraction of sp³-hybridized carbons (Fsp3) is 0.400.